The lowest BCUT2D eigenvalue weighted by Crippen LogP contribution is -2.61. The zero-order chi connectivity index (χ0) is 92.5. The van der Waals surface area contributed by atoms with Gasteiger partial charge in [-0.3, -0.25) is 24.0 Å². The monoisotopic (exact) mass is 1810 g/mol. The van der Waals surface area contributed by atoms with Crippen molar-refractivity contribution in [3.05, 3.63) is 107 Å². The first-order valence-electron chi connectivity index (χ1n) is 45.3. The molecule has 4 aliphatic heterocycles. The average Bonchev–Trinajstić information content (AvgIpc) is 1.58. The van der Waals surface area contributed by atoms with Crippen molar-refractivity contribution in [3.63, 3.8) is 0 Å². The number of nitrogen functional groups attached to an aromatic ring is 2. The lowest BCUT2D eigenvalue weighted by atomic mass is 9.80. The van der Waals surface area contributed by atoms with Gasteiger partial charge in [0, 0.05) is 89.0 Å². The molecule has 11 N–H and O–H groups in total. The van der Waals surface area contributed by atoms with E-state index in [4.69, 9.17) is 88.3 Å². The number of rotatable bonds is 38. The third-order valence-corrected chi connectivity index (χ3v) is 24.6. The number of nitrogens with two attached hydrogens (primary N) is 3. The van der Waals surface area contributed by atoms with Gasteiger partial charge in [-0.2, -0.15) is 10.1 Å². The van der Waals surface area contributed by atoms with Gasteiger partial charge in [-0.05, 0) is 142 Å². The van der Waals surface area contributed by atoms with Gasteiger partial charge >= 0.3 is 12.1 Å². The molecular formula is C93H135N11O25. The van der Waals surface area contributed by atoms with Crippen LogP contribution in [0.2, 0.25) is 0 Å². The largest absolute Gasteiger partial charge is 0.460 e. The number of carbonyl (C=O) groups is 7. The van der Waals surface area contributed by atoms with Crippen LogP contribution in [0.15, 0.2) is 94.7 Å². The topological polar surface area (TPSA) is 487 Å². The van der Waals surface area contributed by atoms with Crippen LogP contribution in [0.3, 0.4) is 0 Å². The number of amides is 3. The summed E-state index contributed by atoms with van der Waals surface area (Å²) in [6.45, 7) is 17.6. The molecule has 0 spiro atoms. The number of allylic oxidation sites excluding steroid dienone is 6. The number of cyclic esters (lactones) is 1. The number of nitrogens with one attached hydrogen (secondary N) is 1. The first-order chi connectivity index (χ1) is 62.1. The number of carbonyl (C=O) groups excluding carboxylic acids is 7. The first kappa shape index (κ1) is 102. The highest BCUT2D eigenvalue weighted by Crippen LogP contribution is 2.39. The number of aromatic nitrogens is 5. The Morgan fingerprint density at radius 2 is 1.38 bits per heavy atom. The number of ether oxygens (including phenoxy) is 13. The summed E-state index contributed by atoms with van der Waals surface area (Å²) in [4.78, 5) is 113. The molecule has 2 aromatic carbocycles. The van der Waals surface area contributed by atoms with Crippen LogP contribution in [-0.4, -0.2) is 302 Å². The Balaban J connectivity index is 0.544. The SMILES string of the molecule is CO[C@H]1C[C@@H]2CC[C@@H](C)[C@@](O)(O2)C(=O)C(=O)N2CCCC[C@H]2C(=O)O[C@H](C[C@H](O)[C@H](N)C[C@@H]2CC[C@@H](OC(=O)NCCOCCOCCOCCOCCOCCOCCOCCOCCC(=O)N3CCc4cc(Cn5nc(-c6ccc7oc(N)nc7c6)c6c(N)ncnc65)ccc4C3)[C@H](OC)C2)CC(=O)[C@H](C)/C=C(\C)[C@@H](O)[C@@H](O)C(=O)[C@H](C)C[C@H](C)/C=C/C=CC=C1C. The number of alkyl carbamates (subject to hydrolysis) is 1. The van der Waals surface area contributed by atoms with Crippen molar-refractivity contribution >= 4 is 75.2 Å². The summed E-state index contributed by atoms with van der Waals surface area (Å²) in [7, 11) is 3.06. The Labute approximate surface area is 753 Å². The van der Waals surface area contributed by atoms with E-state index in [2.05, 4.69) is 38.5 Å². The quantitative estimate of drug-likeness (QED) is 0.00855. The second-order valence-corrected chi connectivity index (χ2v) is 34.3. The van der Waals surface area contributed by atoms with Gasteiger partial charge in [0.1, 0.15) is 59.6 Å². The number of benzene rings is 2. The van der Waals surface area contributed by atoms with Gasteiger partial charge in [-0.1, -0.05) is 82.4 Å². The van der Waals surface area contributed by atoms with Crippen LogP contribution in [0, 0.1) is 29.6 Å². The summed E-state index contributed by atoms with van der Waals surface area (Å²) in [6, 6.07) is 9.67. The molecule has 5 aliphatic rings. The van der Waals surface area contributed by atoms with E-state index < -0.39 is 126 Å². The number of hydrogen-bond donors (Lipinski definition) is 8. The highest BCUT2D eigenvalue weighted by atomic mass is 16.6. The lowest BCUT2D eigenvalue weighted by molar-refractivity contribution is -0.265. The number of aliphatic hydroxyl groups excluding tert-OH is 3. The number of methoxy groups -OCH3 is 2. The van der Waals surface area contributed by atoms with Crippen LogP contribution < -0.4 is 22.5 Å². The molecule has 2 bridgehead atoms. The van der Waals surface area contributed by atoms with E-state index in [0.29, 0.717) is 197 Å². The van der Waals surface area contributed by atoms with E-state index in [-0.39, 0.29) is 87.7 Å². The average molecular weight is 1810 g/mol. The van der Waals surface area contributed by atoms with Gasteiger partial charge in [-0.15, -0.1) is 0 Å². The predicted molar refractivity (Wildman–Crippen MR) is 475 cm³/mol. The van der Waals surface area contributed by atoms with Gasteiger partial charge < -0.3 is 119 Å². The Bertz CT molecular complexity index is 4580. The molecule has 0 radical (unpaired) electrons. The Morgan fingerprint density at radius 3 is 2.05 bits per heavy atom. The highest BCUT2D eigenvalue weighted by molar-refractivity contribution is 6.39. The number of fused-ring (bicyclic) bond motifs is 6. The van der Waals surface area contributed by atoms with Crippen molar-refractivity contribution in [1.82, 2.24) is 39.8 Å². The summed E-state index contributed by atoms with van der Waals surface area (Å²) in [5, 5.41) is 54.7. The molecule has 5 aromatic rings. The number of piperidine rings is 1. The van der Waals surface area contributed by atoms with Crippen LogP contribution in [0.5, 0.6) is 0 Å². The van der Waals surface area contributed by atoms with Crippen molar-refractivity contribution < 1.29 is 120 Å². The normalized spacial score (nSPS) is 26.4. The van der Waals surface area contributed by atoms with Gasteiger partial charge in [0.15, 0.2) is 17.0 Å². The first-order valence-corrected chi connectivity index (χ1v) is 45.3. The Kier molecular flexibility index (Phi) is 41.0. The van der Waals surface area contributed by atoms with E-state index >= 15 is 0 Å². The summed E-state index contributed by atoms with van der Waals surface area (Å²) in [5.74, 6) is -9.13. The second kappa shape index (κ2) is 51.8. The van der Waals surface area contributed by atoms with E-state index in [1.54, 1.807) is 33.9 Å². The summed E-state index contributed by atoms with van der Waals surface area (Å²) in [5.41, 5.74) is 26.4. The number of hydrogen-bond acceptors (Lipinski definition) is 32. The van der Waals surface area contributed by atoms with Crippen molar-refractivity contribution in [2.24, 2.45) is 35.3 Å². The van der Waals surface area contributed by atoms with Crippen LogP contribution in [0.25, 0.3) is 33.4 Å². The van der Waals surface area contributed by atoms with Gasteiger partial charge in [0.05, 0.1) is 148 Å². The second-order valence-electron chi connectivity index (χ2n) is 34.3. The smallest absolute Gasteiger partial charge is 0.407 e. The maximum Gasteiger partial charge on any atom is 0.407 e. The number of oxazole rings is 1. The molecular weight excluding hydrogens is 1670 g/mol. The molecule has 36 heteroatoms. The van der Waals surface area contributed by atoms with Crippen molar-refractivity contribution in [2.75, 3.05) is 151 Å². The minimum atomic E-state index is -2.53. The number of ketones is 3. The van der Waals surface area contributed by atoms with E-state index in [0.717, 1.165) is 33.6 Å². The van der Waals surface area contributed by atoms with Crippen LogP contribution in [-0.2, 0) is 110 Å². The molecule has 0 unspecified atom stereocenters. The van der Waals surface area contributed by atoms with Crippen LogP contribution >= 0.6 is 0 Å². The van der Waals surface area contributed by atoms with Crippen LogP contribution in [0.1, 0.15) is 148 Å². The Hall–Kier alpha value is -8.93. The zero-order valence-electron chi connectivity index (χ0n) is 75.8. The fourth-order valence-corrected chi connectivity index (χ4v) is 17.1. The molecule has 129 heavy (non-hydrogen) atoms. The maximum absolute atomic E-state index is 14.6. The molecule has 3 amide bonds. The molecule has 16 atom stereocenters. The number of aliphatic hydroxyl groups is 4. The standard InChI is InChI=1S/C93H135N11O25/c1-58-14-10-9-11-15-59(2)78(116-7)54-69-22-17-63(6)93(115,129-69)86(111)89(112)103-28-13-12-16-73(103)90(113)126-70(52-74(105)60(3)47-62(5)84(109)85(110)83(108)61(4)46-58)53-75(106)71(94)49-64-19-23-77(79(50-64)117-8)128-92(114)97-27-31-119-33-35-121-37-39-123-41-43-125-45-44-124-42-40-122-38-36-120-34-32-118-30-26-80(107)102-29-25-66-48-65(18-20-68(66)56-102)55-104-88-81(87(95)98-57-99-88)82(101-104)67-21-24-76-72(51-67)100-91(96)127-76/h9-11,14-15,18,20-21,24,47-48,51,57-58,60-61,63-64,69-71,73,75,77-79,84-85,106,109-110,115H,12-13,16-17,19,22-23,25-46,49-50,52-56,94H2,1-8H3,(H2,96,100)(H,97,114)(H2,95,98,99)/b11-9?,14-10+,59-15?,62-47+/t58-,60-,61-,63-,64+,69+,70+,71-,73+,75+,77-,78+,79-,84-,85+,93-/m1/s1. The minimum Gasteiger partial charge on any atom is -0.460 e. The van der Waals surface area contributed by atoms with Crippen molar-refractivity contribution in [1.29, 1.82) is 0 Å². The highest BCUT2D eigenvalue weighted by Gasteiger charge is 2.53. The molecule has 1 aliphatic carbocycles. The van der Waals surface area contributed by atoms with Gasteiger partial charge in [-0.25, -0.2) is 24.2 Å². The van der Waals surface area contributed by atoms with Crippen molar-refractivity contribution in [3.8, 4) is 11.3 Å². The fourth-order valence-electron chi connectivity index (χ4n) is 17.1. The molecule has 7 heterocycles. The summed E-state index contributed by atoms with van der Waals surface area (Å²) >= 11 is 0. The van der Waals surface area contributed by atoms with E-state index in [9.17, 15) is 54.0 Å². The maximum atomic E-state index is 14.6. The molecule has 2 saturated heterocycles. The number of esters is 1. The number of nitrogens with zero attached hydrogens (tertiary/aromatic N) is 7. The lowest BCUT2D eigenvalue weighted by Gasteiger charge is -2.42. The summed E-state index contributed by atoms with van der Waals surface area (Å²) in [6.07, 6.45) is 7.37. The molecule has 3 fully saturated rings. The summed E-state index contributed by atoms with van der Waals surface area (Å²) < 4.78 is 82.0. The van der Waals surface area contributed by atoms with Crippen LogP contribution in [0.4, 0.5) is 16.6 Å². The minimum absolute atomic E-state index is 0.0258. The molecule has 36 nitrogen and oxygen atoms in total. The molecule has 1 saturated carbocycles. The molecule has 10 rings (SSSR count). The fraction of sp³-hybridized carbons (Fsp3) is 0.645. The molecule has 712 valence electrons. The third kappa shape index (κ3) is 30.3. The number of anilines is 2. The zero-order valence-corrected chi connectivity index (χ0v) is 75.8. The van der Waals surface area contributed by atoms with Gasteiger partial charge in [0.2, 0.25) is 11.7 Å². The van der Waals surface area contributed by atoms with E-state index in [1.165, 1.54) is 32.0 Å². The predicted octanol–water partition coefficient (Wildman–Crippen LogP) is 6.97. The third-order valence-electron chi connectivity index (χ3n) is 24.6. The van der Waals surface area contributed by atoms with Crippen molar-refractivity contribution in [2.45, 2.75) is 218 Å². The Morgan fingerprint density at radius 1 is 0.705 bits per heavy atom. The van der Waals surface area contributed by atoms with E-state index in [1.807, 2.05) is 65.9 Å². The molecule has 3 aromatic heterocycles. The number of Topliss-reactive ketones (excluding diaryl/α,β-unsaturated/α-hetero) is 3. The van der Waals surface area contributed by atoms with Gasteiger partial charge in [0.25, 0.3) is 17.7 Å².